The van der Waals surface area contributed by atoms with E-state index in [0.717, 1.165) is 0 Å². The summed E-state index contributed by atoms with van der Waals surface area (Å²) in [7, 11) is -2.03. The van der Waals surface area contributed by atoms with Gasteiger partial charge in [0.15, 0.2) is 0 Å². The quantitative estimate of drug-likeness (QED) is 0.385. The summed E-state index contributed by atoms with van der Waals surface area (Å²) < 4.78 is 16.3. The van der Waals surface area contributed by atoms with Crippen molar-refractivity contribution in [3.05, 3.63) is 0 Å². The number of rotatable bonds is 0. The molecule has 5 heteroatoms. The summed E-state index contributed by atoms with van der Waals surface area (Å²) in [5.41, 5.74) is 0. The fourth-order valence-corrected chi connectivity index (χ4v) is 0. The van der Waals surface area contributed by atoms with Crippen molar-refractivity contribution in [2.24, 2.45) is 0 Å². The fourth-order valence-electron chi connectivity index (χ4n) is 0. The van der Waals surface area contributed by atoms with Gasteiger partial charge in [0.2, 0.25) is 0 Å². The van der Waals surface area contributed by atoms with Crippen LogP contribution >= 0.6 is 0 Å². The Hall–Kier alpha value is 1.07. The zero-order valence-electron chi connectivity index (χ0n) is 1.97. The van der Waals surface area contributed by atoms with Gasteiger partial charge < -0.3 is 8.76 Å². The molecule has 0 aliphatic heterocycles. The van der Waals surface area contributed by atoms with E-state index in [2.05, 4.69) is 11.2 Å². The van der Waals surface area contributed by atoms with Gasteiger partial charge in [-0.15, -0.1) is 0 Å². The van der Waals surface area contributed by atoms with E-state index in [4.69, 9.17) is 8.76 Å². The molecule has 0 fully saturated rings. The summed E-state index contributed by atoms with van der Waals surface area (Å²) in [5.74, 6) is 0. The van der Waals surface area contributed by atoms with Gasteiger partial charge in [0, 0.05) is 0 Å². The Morgan fingerprint density at radius 2 is 1.80 bits per heavy atom. The second-order valence-electron chi connectivity index (χ2n) is 0.217. The Labute approximate surface area is 52.0 Å². The third-order valence-electron chi connectivity index (χ3n) is 0. The molecule has 2 nitrogen and oxygen atoms in total. The Morgan fingerprint density at radius 1 is 1.80 bits per heavy atom. The molecular weight excluding hydrogens is 293 g/mol. The standard InChI is InChI=1S/Au.HO2S2/c;1-4(2)3/h;(H,1,2,3)/q+1;-1. The maximum Gasteiger partial charge on any atom is 1.00 e. The van der Waals surface area contributed by atoms with Crippen molar-refractivity contribution in [3.63, 3.8) is 0 Å². The second-order valence-corrected chi connectivity index (χ2v) is 1.51. The molecule has 0 rings (SSSR count). The number of hydrogen-bond acceptors (Lipinski definition) is 3. The molecule has 0 saturated heterocycles. The second kappa shape index (κ2) is 5.07. The monoisotopic (exact) mass is 294 g/mol. The van der Waals surface area contributed by atoms with E-state index in [9.17, 15) is 0 Å². The molecule has 0 saturated carbocycles. The maximum atomic E-state index is 8.93. The maximum absolute atomic E-state index is 8.93. The van der Waals surface area contributed by atoms with E-state index in [1.807, 2.05) is 0 Å². The summed E-state index contributed by atoms with van der Waals surface area (Å²) in [5, 5.41) is 0. The summed E-state index contributed by atoms with van der Waals surface area (Å²) in [6.07, 6.45) is 0. The van der Waals surface area contributed by atoms with Crippen molar-refractivity contribution in [3.8, 4) is 0 Å². The molecule has 0 atom stereocenters. The van der Waals surface area contributed by atoms with Crippen LogP contribution in [0, 0.1) is 0 Å². The minimum absolute atomic E-state index is 0. The van der Waals surface area contributed by atoms with E-state index in [1.165, 1.54) is 0 Å². The molecule has 0 aromatic carbocycles. The molecule has 0 unspecified atom stereocenters. The van der Waals surface area contributed by atoms with Crippen LogP contribution in [-0.2, 0) is 47.4 Å². The van der Waals surface area contributed by atoms with Crippen molar-refractivity contribution < 1.29 is 31.1 Å². The van der Waals surface area contributed by atoms with Gasteiger partial charge in [-0.2, -0.15) is 0 Å². The van der Waals surface area contributed by atoms with Crippen LogP contribution < -0.4 is 0 Å². The Morgan fingerprint density at radius 3 is 1.80 bits per heavy atom. The van der Waals surface area contributed by atoms with Gasteiger partial charge in [0.05, 0.1) is 0 Å². The first kappa shape index (κ1) is 9.42. The van der Waals surface area contributed by atoms with Gasteiger partial charge in [-0.1, -0.05) is 9.64 Å². The predicted molar refractivity (Wildman–Crippen MR) is 18.0 cm³/mol. The van der Waals surface area contributed by atoms with Gasteiger partial charge in [-0.3, -0.25) is 0 Å². The first-order valence-electron chi connectivity index (χ1n) is 0.516. The van der Waals surface area contributed by atoms with Gasteiger partial charge in [-0.25, -0.2) is 11.2 Å². The molecule has 0 amide bonds. The average molecular weight is 294 g/mol. The van der Waals surface area contributed by atoms with Crippen LogP contribution in [0.5, 0.6) is 0 Å². The van der Waals surface area contributed by atoms with E-state index < -0.39 is 9.64 Å². The molecule has 1 N–H and O–H groups in total. The van der Waals surface area contributed by atoms with Crippen LogP contribution in [0.1, 0.15) is 0 Å². The molecule has 0 aliphatic rings. The van der Waals surface area contributed by atoms with Crippen LogP contribution in [0.15, 0.2) is 0 Å². The average Bonchev–Trinajstić information content (AvgIpc) is 0.811. The molecule has 0 radical (unpaired) electrons. The number of hydrogen-bond donors (Lipinski definition) is 1. The predicted octanol–water partition coefficient (Wildman–Crippen LogP) is -0.117. The van der Waals surface area contributed by atoms with Crippen LogP contribution in [-0.4, -0.2) is 4.55 Å². The van der Waals surface area contributed by atoms with E-state index >= 15 is 0 Å². The molecule has 0 aliphatic carbocycles. The minimum atomic E-state index is -2.03. The summed E-state index contributed by atoms with van der Waals surface area (Å²) >= 11 is 3.65. The molecule has 0 heterocycles. The van der Waals surface area contributed by atoms with E-state index in [-0.39, 0.29) is 22.4 Å². The van der Waals surface area contributed by atoms with Crippen LogP contribution in [0.3, 0.4) is 0 Å². The van der Waals surface area contributed by atoms with E-state index in [0.29, 0.717) is 0 Å². The van der Waals surface area contributed by atoms with Gasteiger partial charge >= 0.3 is 22.4 Å². The summed E-state index contributed by atoms with van der Waals surface area (Å²) in [6, 6.07) is 0. The minimum Gasteiger partial charge on any atom is -0.459 e. The van der Waals surface area contributed by atoms with Crippen molar-refractivity contribution in [1.29, 1.82) is 0 Å². The normalized spacial score (nSPS) is 6.80. The van der Waals surface area contributed by atoms with Crippen molar-refractivity contribution in [2.45, 2.75) is 0 Å². The molecular formula is HAuO2S2. The van der Waals surface area contributed by atoms with Crippen LogP contribution in [0.4, 0.5) is 0 Å². The molecule has 0 spiro atoms. The Balaban J connectivity index is 0. The first-order valence-corrected chi connectivity index (χ1v) is 2.55. The fraction of sp³-hybridized carbons (Fsp3) is 0. The van der Waals surface area contributed by atoms with Crippen LogP contribution in [0.25, 0.3) is 0 Å². The molecule has 36 valence electrons. The zero-order chi connectivity index (χ0) is 3.58. The first-order chi connectivity index (χ1) is 1.73. The Bertz CT molecular complexity index is 56.0. The van der Waals surface area contributed by atoms with Gasteiger partial charge in [0.1, 0.15) is 0 Å². The summed E-state index contributed by atoms with van der Waals surface area (Å²) in [4.78, 5) is 0. The largest absolute Gasteiger partial charge is 1.00 e. The molecule has 0 aromatic rings. The van der Waals surface area contributed by atoms with E-state index in [1.54, 1.807) is 0 Å². The third-order valence-corrected chi connectivity index (χ3v) is 0. The van der Waals surface area contributed by atoms with Crippen LogP contribution in [0.2, 0.25) is 0 Å². The SMILES string of the molecule is O=[S-](O)=S.[Au+]. The van der Waals surface area contributed by atoms with Crippen molar-refractivity contribution in [1.82, 2.24) is 0 Å². The van der Waals surface area contributed by atoms with Crippen molar-refractivity contribution >= 4 is 20.8 Å². The smallest absolute Gasteiger partial charge is 0.459 e. The van der Waals surface area contributed by atoms with Crippen molar-refractivity contribution in [2.75, 3.05) is 0 Å². The third kappa shape index (κ3) is 41.7. The van der Waals surface area contributed by atoms with Gasteiger partial charge in [-0.05, 0) is 0 Å². The van der Waals surface area contributed by atoms with Gasteiger partial charge in [0.25, 0.3) is 0 Å². The zero-order valence-corrected chi connectivity index (χ0v) is 5.77. The molecule has 0 aromatic heterocycles. The molecule has 0 bridgehead atoms. The summed E-state index contributed by atoms with van der Waals surface area (Å²) in [6.45, 7) is 0. The molecule has 5 heavy (non-hydrogen) atoms. The Kier molecular flexibility index (Phi) is 9.55. The topological polar surface area (TPSA) is 37.3 Å².